The third kappa shape index (κ3) is 7.45. The molecule has 1 fully saturated rings. The first-order chi connectivity index (χ1) is 11.9. The van der Waals surface area contributed by atoms with Crippen LogP contribution in [0.25, 0.3) is 0 Å². The molecular formula is C16H26ClIN4O3S. The second kappa shape index (κ2) is 11.2. The van der Waals surface area contributed by atoms with E-state index in [0.717, 1.165) is 5.75 Å². The smallest absolute Gasteiger partial charge is 0.214 e. The number of nitrogens with one attached hydrogen (secondary N) is 2. The van der Waals surface area contributed by atoms with Crippen molar-refractivity contribution in [2.24, 2.45) is 4.99 Å². The van der Waals surface area contributed by atoms with Crippen LogP contribution in [0.2, 0.25) is 5.02 Å². The fraction of sp³-hybridized carbons (Fsp3) is 0.562. The molecule has 1 saturated heterocycles. The molecule has 0 amide bonds. The minimum absolute atomic E-state index is 0. The normalized spacial score (nSPS) is 18.0. The molecule has 2 N–H and O–H groups in total. The van der Waals surface area contributed by atoms with Crippen molar-refractivity contribution < 1.29 is 13.2 Å². The van der Waals surface area contributed by atoms with E-state index in [4.69, 9.17) is 16.3 Å². The van der Waals surface area contributed by atoms with Gasteiger partial charge in [-0.1, -0.05) is 11.6 Å². The average molecular weight is 517 g/mol. The maximum Gasteiger partial charge on any atom is 0.214 e. The maximum absolute atomic E-state index is 11.7. The minimum atomic E-state index is -3.05. The van der Waals surface area contributed by atoms with Gasteiger partial charge in [0, 0.05) is 31.7 Å². The van der Waals surface area contributed by atoms with Crippen LogP contribution < -0.4 is 15.4 Å². The topological polar surface area (TPSA) is 83.0 Å². The van der Waals surface area contributed by atoms with Gasteiger partial charge in [-0.25, -0.2) is 12.7 Å². The molecule has 0 radical (unpaired) electrons. The number of rotatable bonds is 7. The van der Waals surface area contributed by atoms with Gasteiger partial charge in [0.15, 0.2) is 5.96 Å². The third-order valence-electron chi connectivity index (χ3n) is 3.79. The largest absolute Gasteiger partial charge is 0.489 e. The van der Waals surface area contributed by atoms with E-state index in [9.17, 15) is 8.42 Å². The molecule has 0 saturated carbocycles. The van der Waals surface area contributed by atoms with Gasteiger partial charge in [0.2, 0.25) is 10.0 Å². The van der Waals surface area contributed by atoms with Gasteiger partial charge < -0.3 is 15.4 Å². The van der Waals surface area contributed by atoms with Crippen LogP contribution in [-0.4, -0.2) is 63.8 Å². The second-order valence-corrected chi connectivity index (χ2v) is 8.36. The van der Waals surface area contributed by atoms with E-state index in [1.807, 2.05) is 19.1 Å². The number of sulfonamides is 1. The number of aliphatic imine (C=N–C) groups is 1. The quantitative estimate of drug-likeness (QED) is 0.329. The van der Waals surface area contributed by atoms with Crippen LogP contribution in [-0.2, 0) is 10.0 Å². The lowest BCUT2D eigenvalue weighted by Gasteiger charge is -2.19. The Morgan fingerprint density at radius 3 is 2.62 bits per heavy atom. The lowest BCUT2D eigenvalue weighted by atomic mass is 10.3. The van der Waals surface area contributed by atoms with Crippen LogP contribution in [0.1, 0.15) is 13.3 Å². The highest BCUT2D eigenvalue weighted by atomic mass is 127. The Balaban J connectivity index is 0.00000338. The summed E-state index contributed by atoms with van der Waals surface area (Å²) in [6.45, 7) is 4.06. The second-order valence-electron chi connectivity index (χ2n) is 5.83. The molecule has 0 bridgehead atoms. The number of halogens is 2. The molecule has 1 heterocycles. The number of guanidine groups is 1. The molecule has 0 aliphatic carbocycles. The number of hydrogen-bond donors (Lipinski definition) is 2. The van der Waals surface area contributed by atoms with Gasteiger partial charge in [0.25, 0.3) is 0 Å². The van der Waals surface area contributed by atoms with Crippen LogP contribution in [0.15, 0.2) is 29.3 Å². The molecule has 0 aromatic heterocycles. The maximum atomic E-state index is 11.7. The molecule has 1 unspecified atom stereocenters. The van der Waals surface area contributed by atoms with E-state index >= 15 is 0 Å². The summed E-state index contributed by atoms with van der Waals surface area (Å²) in [6, 6.07) is 7.21. The van der Waals surface area contributed by atoms with Gasteiger partial charge in [-0.05, 0) is 37.6 Å². The third-order valence-corrected chi connectivity index (χ3v) is 6.00. The summed E-state index contributed by atoms with van der Waals surface area (Å²) in [7, 11) is -1.38. The molecule has 1 aromatic rings. The number of ether oxygens (including phenoxy) is 1. The van der Waals surface area contributed by atoms with E-state index in [1.54, 1.807) is 19.2 Å². The Hall–Kier alpha value is -0.780. The molecule has 1 atom stereocenters. The van der Waals surface area contributed by atoms with Gasteiger partial charge in [-0.15, -0.1) is 24.0 Å². The Morgan fingerprint density at radius 1 is 1.35 bits per heavy atom. The van der Waals surface area contributed by atoms with Crippen molar-refractivity contribution in [3.05, 3.63) is 29.3 Å². The van der Waals surface area contributed by atoms with Gasteiger partial charge in [-0.3, -0.25) is 4.99 Å². The van der Waals surface area contributed by atoms with Crippen LogP contribution in [0.5, 0.6) is 5.75 Å². The average Bonchev–Trinajstić information content (AvgIpc) is 2.91. The van der Waals surface area contributed by atoms with Crippen LogP contribution in [0.4, 0.5) is 0 Å². The predicted molar refractivity (Wildman–Crippen MR) is 116 cm³/mol. The molecular weight excluding hydrogens is 491 g/mol. The van der Waals surface area contributed by atoms with Crippen molar-refractivity contribution in [3.8, 4) is 5.75 Å². The SMILES string of the molecule is CN=C(NCCN1CCCS1(=O)=O)NCC(C)Oc1ccc(Cl)cc1.I. The summed E-state index contributed by atoms with van der Waals surface area (Å²) < 4.78 is 30.8. The van der Waals surface area contributed by atoms with E-state index in [1.165, 1.54) is 4.31 Å². The van der Waals surface area contributed by atoms with E-state index in [2.05, 4.69) is 15.6 Å². The summed E-state index contributed by atoms with van der Waals surface area (Å²) in [5.74, 6) is 1.61. The van der Waals surface area contributed by atoms with Crippen LogP contribution >= 0.6 is 35.6 Å². The highest BCUT2D eigenvalue weighted by Crippen LogP contribution is 2.16. The lowest BCUT2D eigenvalue weighted by Crippen LogP contribution is -2.44. The first kappa shape index (κ1) is 23.3. The van der Waals surface area contributed by atoms with Gasteiger partial charge >= 0.3 is 0 Å². The van der Waals surface area contributed by atoms with Gasteiger partial charge in [0.05, 0.1) is 12.3 Å². The minimum Gasteiger partial charge on any atom is -0.489 e. The van der Waals surface area contributed by atoms with Crippen molar-refractivity contribution in [1.82, 2.24) is 14.9 Å². The highest BCUT2D eigenvalue weighted by molar-refractivity contribution is 14.0. The number of benzene rings is 1. The summed E-state index contributed by atoms with van der Waals surface area (Å²) in [5.41, 5.74) is 0. The first-order valence-electron chi connectivity index (χ1n) is 8.25. The molecule has 0 spiro atoms. The van der Waals surface area contributed by atoms with Crippen molar-refractivity contribution in [2.45, 2.75) is 19.4 Å². The van der Waals surface area contributed by atoms with Crippen molar-refractivity contribution >= 4 is 51.6 Å². The zero-order chi connectivity index (χ0) is 18.3. The first-order valence-corrected chi connectivity index (χ1v) is 10.2. The van der Waals surface area contributed by atoms with Crippen molar-refractivity contribution in [2.75, 3.05) is 39.0 Å². The van der Waals surface area contributed by atoms with E-state index in [-0.39, 0.29) is 35.8 Å². The summed E-state index contributed by atoms with van der Waals surface area (Å²) >= 11 is 5.85. The van der Waals surface area contributed by atoms with E-state index in [0.29, 0.717) is 43.6 Å². The Labute approximate surface area is 177 Å². The predicted octanol–water partition coefficient (Wildman–Crippen LogP) is 1.93. The molecule has 148 valence electrons. The molecule has 26 heavy (non-hydrogen) atoms. The van der Waals surface area contributed by atoms with E-state index < -0.39 is 10.0 Å². The standard InChI is InChI=1S/C16H25ClN4O3S.HI/c1-13(24-15-6-4-14(17)5-7-15)12-20-16(18-2)19-8-10-21-9-3-11-25(21,22)23;/h4-7,13H,3,8-12H2,1-2H3,(H2,18,19,20);1H. The molecule has 10 heteroatoms. The molecule has 1 aliphatic heterocycles. The van der Waals surface area contributed by atoms with Crippen LogP contribution in [0.3, 0.4) is 0 Å². The fourth-order valence-corrected chi connectivity index (χ4v) is 4.14. The van der Waals surface area contributed by atoms with Gasteiger partial charge in [0.1, 0.15) is 11.9 Å². The monoisotopic (exact) mass is 516 g/mol. The zero-order valence-corrected chi connectivity index (χ0v) is 18.8. The Bertz CT molecular complexity index is 685. The number of hydrogen-bond acceptors (Lipinski definition) is 4. The molecule has 2 rings (SSSR count). The Morgan fingerprint density at radius 2 is 2.04 bits per heavy atom. The highest BCUT2D eigenvalue weighted by Gasteiger charge is 2.27. The summed E-state index contributed by atoms with van der Waals surface area (Å²) in [4.78, 5) is 4.13. The van der Waals surface area contributed by atoms with Crippen molar-refractivity contribution in [3.63, 3.8) is 0 Å². The molecule has 1 aromatic carbocycles. The Kier molecular flexibility index (Phi) is 9.98. The zero-order valence-electron chi connectivity index (χ0n) is 14.9. The van der Waals surface area contributed by atoms with Crippen molar-refractivity contribution in [1.29, 1.82) is 0 Å². The molecule has 1 aliphatic rings. The van der Waals surface area contributed by atoms with Crippen LogP contribution in [0, 0.1) is 0 Å². The number of nitrogens with zero attached hydrogens (tertiary/aromatic N) is 2. The molecule has 7 nitrogen and oxygen atoms in total. The fourth-order valence-electron chi connectivity index (χ4n) is 2.49. The summed E-state index contributed by atoms with van der Waals surface area (Å²) in [5, 5.41) is 6.96. The lowest BCUT2D eigenvalue weighted by molar-refractivity contribution is 0.224. The van der Waals surface area contributed by atoms with Gasteiger partial charge in [-0.2, -0.15) is 0 Å². The summed E-state index contributed by atoms with van der Waals surface area (Å²) in [6.07, 6.45) is 0.633.